The Morgan fingerprint density at radius 3 is 2.53 bits per heavy atom. The molecule has 0 unspecified atom stereocenters. The second kappa shape index (κ2) is 8.99. The average molecular weight is 401 g/mol. The van der Waals surface area contributed by atoms with Crippen molar-refractivity contribution in [3.63, 3.8) is 0 Å². The highest BCUT2D eigenvalue weighted by atomic mass is 16.1. The van der Waals surface area contributed by atoms with E-state index in [1.165, 1.54) is 43.2 Å². The molecule has 0 saturated heterocycles. The van der Waals surface area contributed by atoms with Crippen molar-refractivity contribution in [2.75, 3.05) is 5.32 Å². The number of para-hydroxylation sites is 1. The van der Waals surface area contributed by atoms with Crippen LogP contribution in [0.2, 0.25) is 0 Å². The number of nitrogens with one attached hydrogen (secondary N) is 1. The maximum absolute atomic E-state index is 12.4. The van der Waals surface area contributed by atoms with Crippen LogP contribution in [-0.2, 0) is 16.6 Å². The standard InChI is InChI=1S/C27H32N2O/c1-27(2,22-9-4-3-5-10-22)23-15-12-20(13-16-23)14-17-26(30)29-24-18-21-8-6-7-11-25(21)28-19-24/h6-8,11-13,15-16,18-19,22H,3-5,9-10,14,17H2,1-2H3,(H,29,30). The van der Waals surface area contributed by atoms with E-state index in [1.807, 2.05) is 30.3 Å². The Bertz CT molecular complexity index is 1000. The van der Waals surface area contributed by atoms with Gasteiger partial charge in [-0.1, -0.05) is 75.6 Å². The molecule has 0 bridgehead atoms. The van der Waals surface area contributed by atoms with Crippen LogP contribution in [0.3, 0.4) is 0 Å². The van der Waals surface area contributed by atoms with Crippen LogP contribution >= 0.6 is 0 Å². The van der Waals surface area contributed by atoms with Crippen LogP contribution < -0.4 is 5.32 Å². The number of hydrogen-bond acceptors (Lipinski definition) is 2. The normalized spacial score (nSPS) is 15.3. The molecule has 1 N–H and O–H groups in total. The van der Waals surface area contributed by atoms with Crippen molar-refractivity contribution in [2.45, 2.75) is 64.2 Å². The lowest BCUT2D eigenvalue weighted by molar-refractivity contribution is -0.116. The minimum atomic E-state index is 0.0266. The molecule has 156 valence electrons. The Morgan fingerprint density at radius 1 is 1.03 bits per heavy atom. The van der Waals surface area contributed by atoms with Gasteiger partial charge in [-0.05, 0) is 53.9 Å². The fourth-order valence-electron chi connectivity index (χ4n) is 4.78. The van der Waals surface area contributed by atoms with Gasteiger partial charge < -0.3 is 5.32 Å². The molecule has 0 atom stereocenters. The summed E-state index contributed by atoms with van der Waals surface area (Å²) in [6.45, 7) is 4.78. The van der Waals surface area contributed by atoms with Gasteiger partial charge in [0.2, 0.25) is 5.91 Å². The van der Waals surface area contributed by atoms with E-state index in [0.717, 1.165) is 28.9 Å². The molecule has 0 spiro atoms. The van der Waals surface area contributed by atoms with E-state index in [2.05, 4.69) is 48.4 Å². The van der Waals surface area contributed by atoms with E-state index in [1.54, 1.807) is 6.20 Å². The molecule has 2 aromatic carbocycles. The van der Waals surface area contributed by atoms with Crippen molar-refractivity contribution in [1.29, 1.82) is 0 Å². The number of fused-ring (bicyclic) bond motifs is 1. The van der Waals surface area contributed by atoms with Gasteiger partial charge in [-0.3, -0.25) is 9.78 Å². The Morgan fingerprint density at radius 2 is 1.77 bits per heavy atom. The summed E-state index contributed by atoms with van der Waals surface area (Å²) in [6, 6.07) is 18.8. The van der Waals surface area contributed by atoms with Crippen LogP contribution in [0.5, 0.6) is 0 Å². The third-order valence-electron chi connectivity index (χ3n) is 6.84. The zero-order valence-electron chi connectivity index (χ0n) is 18.2. The SMILES string of the molecule is CC(C)(c1ccc(CCC(=O)Nc2cnc3ccccc3c2)cc1)C1CCCCC1. The highest BCUT2D eigenvalue weighted by Gasteiger charge is 2.31. The van der Waals surface area contributed by atoms with Crippen LogP contribution in [0.15, 0.2) is 60.8 Å². The Balaban J connectivity index is 1.33. The van der Waals surface area contributed by atoms with Crippen LogP contribution in [-0.4, -0.2) is 10.9 Å². The second-order valence-electron chi connectivity index (χ2n) is 9.22. The summed E-state index contributed by atoms with van der Waals surface area (Å²) in [5, 5.41) is 4.02. The van der Waals surface area contributed by atoms with Gasteiger partial charge in [-0.2, -0.15) is 0 Å². The van der Waals surface area contributed by atoms with E-state index < -0.39 is 0 Å². The van der Waals surface area contributed by atoms with Gasteiger partial charge in [0.05, 0.1) is 17.4 Å². The third kappa shape index (κ3) is 4.72. The minimum Gasteiger partial charge on any atom is -0.325 e. The first-order valence-corrected chi connectivity index (χ1v) is 11.3. The van der Waals surface area contributed by atoms with Crippen molar-refractivity contribution in [2.24, 2.45) is 5.92 Å². The number of aryl methyl sites for hydroxylation is 1. The van der Waals surface area contributed by atoms with Gasteiger partial charge in [0.25, 0.3) is 0 Å². The highest BCUT2D eigenvalue weighted by Crippen LogP contribution is 2.40. The van der Waals surface area contributed by atoms with Crippen molar-refractivity contribution >= 4 is 22.5 Å². The minimum absolute atomic E-state index is 0.0266. The predicted molar refractivity (Wildman–Crippen MR) is 125 cm³/mol. The average Bonchev–Trinajstić information content (AvgIpc) is 2.78. The quantitative estimate of drug-likeness (QED) is 0.502. The van der Waals surface area contributed by atoms with Crippen LogP contribution in [0.4, 0.5) is 5.69 Å². The summed E-state index contributed by atoms with van der Waals surface area (Å²) in [4.78, 5) is 16.8. The number of nitrogens with zero attached hydrogens (tertiary/aromatic N) is 1. The molecule has 3 nitrogen and oxygen atoms in total. The van der Waals surface area contributed by atoms with Crippen LogP contribution in [0, 0.1) is 5.92 Å². The second-order valence-corrected chi connectivity index (χ2v) is 9.22. The number of anilines is 1. The number of carbonyl (C=O) groups is 1. The number of rotatable bonds is 6. The number of aromatic nitrogens is 1. The molecule has 1 aliphatic carbocycles. The molecular formula is C27H32N2O. The van der Waals surface area contributed by atoms with Crippen molar-refractivity contribution in [3.8, 4) is 0 Å². The first kappa shape index (κ1) is 20.6. The molecule has 1 amide bonds. The van der Waals surface area contributed by atoms with Gasteiger partial charge in [-0.15, -0.1) is 0 Å². The number of pyridine rings is 1. The first-order chi connectivity index (χ1) is 14.5. The molecule has 4 rings (SSSR count). The molecular weight excluding hydrogens is 368 g/mol. The molecule has 1 fully saturated rings. The van der Waals surface area contributed by atoms with Crippen molar-refractivity contribution in [1.82, 2.24) is 4.98 Å². The van der Waals surface area contributed by atoms with E-state index in [4.69, 9.17) is 0 Å². The molecule has 1 aliphatic rings. The highest BCUT2D eigenvalue weighted by molar-refractivity contribution is 5.93. The smallest absolute Gasteiger partial charge is 0.224 e. The zero-order chi connectivity index (χ0) is 21.0. The summed E-state index contributed by atoms with van der Waals surface area (Å²) < 4.78 is 0. The summed E-state index contributed by atoms with van der Waals surface area (Å²) in [5.74, 6) is 0.803. The predicted octanol–water partition coefficient (Wildman–Crippen LogP) is 6.66. The topological polar surface area (TPSA) is 42.0 Å². The van der Waals surface area contributed by atoms with E-state index in [0.29, 0.717) is 6.42 Å². The summed E-state index contributed by atoms with van der Waals surface area (Å²) >= 11 is 0. The fourth-order valence-corrected chi connectivity index (χ4v) is 4.78. The van der Waals surface area contributed by atoms with Gasteiger partial charge in [0.1, 0.15) is 0 Å². The molecule has 1 saturated carbocycles. The zero-order valence-corrected chi connectivity index (χ0v) is 18.2. The monoisotopic (exact) mass is 400 g/mol. The van der Waals surface area contributed by atoms with Crippen LogP contribution in [0.25, 0.3) is 10.9 Å². The number of amides is 1. The van der Waals surface area contributed by atoms with E-state index >= 15 is 0 Å². The Labute approximate surface area is 179 Å². The first-order valence-electron chi connectivity index (χ1n) is 11.3. The number of hydrogen-bond donors (Lipinski definition) is 1. The molecule has 1 aromatic heterocycles. The van der Waals surface area contributed by atoms with E-state index in [9.17, 15) is 4.79 Å². The third-order valence-corrected chi connectivity index (χ3v) is 6.84. The molecule has 0 aliphatic heterocycles. The maximum Gasteiger partial charge on any atom is 0.224 e. The largest absolute Gasteiger partial charge is 0.325 e. The van der Waals surface area contributed by atoms with Gasteiger partial charge >= 0.3 is 0 Å². The summed E-state index contributed by atoms with van der Waals surface area (Å²) in [5.41, 5.74) is 4.55. The van der Waals surface area contributed by atoms with Gasteiger partial charge in [0.15, 0.2) is 0 Å². The molecule has 0 radical (unpaired) electrons. The molecule has 3 heteroatoms. The fraction of sp³-hybridized carbons (Fsp3) is 0.407. The Kier molecular flexibility index (Phi) is 6.17. The summed E-state index contributed by atoms with van der Waals surface area (Å²) in [6.07, 6.45) is 9.76. The molecule has 1 heterocycles. The maximum atomic E-state index is 12.4. The van der Waals surface area contributed by atoms with Crippen LogP contribution in [0.1, 0.15) is 63.5 Å². The Hall–Kier alpha value is -2.68. The molecule has 30 heavy (non-hydrogen) atoms. The number of carbonyl (C=O) groups excluding carboxylic acids is 1. The van der Waals surface area contributed by atoms with Crippen molar-refractivity contribution in [3.05, 3.63) is 71.9 Å². The molecule has 3 aromatic rings. The number of benzene rings is 2. The lowest BCUT2D eigenvalue weighted by Gasteiger charge is -2.37. The van der Waals surface area contributed by atoms with Gasteiger partial charge in [-0.25, -0.2) is 0 Å². The van der Waals surface area contributed by atoms with E-state index in [-0.39, 0.29) is 11.3 Å². The lowest BCUT2D eigenvalue weighted by Crippen LogP contribution is -2.30. The summed E-state index contributed by atoms with van der Waals surface area (Å²) in [7, 11) is 0. The van der Waals surface area contributed by atoms with Gasteiger partial charge in [0, 0.05) is 11.8 Å². The lowest BCUT2D eigenvalue weighted by atomic mass is 9.67. The van der Waals surface area contributed by atoms with Crippen molar-refractivity contribution < 1.29 is 4.79 Å².